The Morgan fingerprint density at radius 1 is 0.333 bits per heavy atom. The zero-order valence-electron chi connectivity index (χ0n) is 33.1. The summed E-state index contributed by atoms with van der Waals surface area (Å²) < 4.78 is 71.3. The summed E-state index contributed by atoms with van der Waals surface area (Å²) in [5, 5.41) is 2.12. The fourth-order valence-electron chi connectivity index (χ4n) is 5.11. The molecule has 2 aromatic heterocycles. The van der Waals surface area contributed by atoms with E-state index in [0.29, 0.717) is 159 Å². The van der Waals surface area contributed by atoms with E-state index < -0.39 is 0 Å². The van der Waals surface area contributed by atoms with Crippen molar-refractivity contribution < 1.29 is 61.6 Å². The number of hydrogen-bond donors (Lipinski definition) is 0. The largest absolute Gasteiger partial charge is 0.489 e. The molecule has 316 valence electrons. The molecule has 0 saturated carbocycles. The molecule has 0 N–H and O–H groups in total. The van der Waals surface area contributed by atoms with E-state index >= 15 is 0 Å². The number of benzene rings is 2. The van der Waals surface area contributed by atoms with Crippen LogP contribution in [0.1, 0.15) is 0 Å². The van der Waals surface area contributed by atoms with Gasteiger partial charge in [0.1, 0.15) is 35.7 Å². The first-order valence-electron chi connectivity index (χ1n) is 19.7. The highest BCUT2D eigenvalue weighted by Crippen LogP contribution is 2.23. The lowest BCUT2D eigenvalue weighted by Gasteiger charge is -2.10. The number of fused-ring (bicyclic) bond motifs is 2. The minimum atomic E-state index is 0.463. The first-order chi connectivity index (χ1) is 28.4. The zero-order valence-corrected chi connectivity index (χ0v) is 33.1. The summed E-state index contributed by atoms with van der Waals surface area (Å²) in [6.45, 7) is 12.8. The molecule has 57 heavy (non-hydrogen) atoms. The van der Waals surface area contributed by atoms with Gasteiger partial charge in [0, 0.05) is 23.2 Å². The predicted octanol–water partition coefficient (Wildman–Crippen LogP) is 4.42. The quantitative estimate of drug-likeness (QED) is 0.166. The van der Waals surface area contributed by atoms with E-state index in [1.54, 1.807) is 12.4 Å². The lowest BCUT2D eigenvalue weighted by Crippen LogP contribution is -2.16. The molecule has 0 aliphatic carbocycles. The second-order valence-electron chi connectivity index (χ2n) is 12.1. The second kappa shape index (κ2) is 32.4. The van der Waals surface area contributed by atoms with Crippen molar-refractivity contribution in [3.63, 3.8) is 0 Å². The van der Waals surface area contributed by atoms with Gasteiger partial charge in [0.25, 0.3) is 0 Å². The van der Waals surface area contributed by atoms with Crippen molar-refractivity contribution in [1.82, 2.24) is 9.97 Å². The smallest absolute Gasteiger partial charge is 0.145 e. The Labute approximate surface area is 336 Å². The second-order valence-corrected chi connectivity index (χ2v) is 12.1. The van der Waals surface area contributed by atoms with Crippen LogP contribution in [0.25, 0.3) is 21.8 Å². The van der Waals surface area contributed by atoms with Crippen LogP contribution in [-0.4, -0.2) is 169 Å². The first-order valence-corrected chi connectivity index (χ1v) is 19.7. The summed E-state index contributed by atoms with van der Waals surface area (Å²) >= 11 is 0. The molecule has 1 aliphatic heterocycles. The maximum Gasteiger partial charge on any atom is 0.145 e. The van der Waals surface area contributed by atoms with Gasteiger partial charge in [0.2, 0.25) is 0 Å². The van der Waals surface area contributed by atoms with Crippen LogP contribution in [0.15, 0.2) is 73.1 Å². The number of nitrogens with zero attached hydrogens (tertiary/aromatic N) is 2. The standard InChI is InChI=1S/C26H28N2O5.C16H32O8/c1-5-21-7-3-11-27-25(21)23(9-1)32-19-17-30-15-13-29-14-16-31-18-20-33-24-10-2-6-22-8-4-12-28-26(22)24;1-2-18-5-6-20-9-10-22-13-14-24-16-15-23-12-11-21-8-7-19-4-3-17-1/h1-12H,13-20H2;1-16H2. The summed E-state index contributed by atoms with van der Waals surface area (Å²) in [7, 11) is 0. The van der Waals surface area contributed by atoms with E-state index in [1.165, 1.54) is 0 Å². The Morgan fingerprint density at radius 3 is 0.895 bits per heavy atom. The van der Waals surface area contributed by atoms with Crippen molar-refractivity contribution in [2.75, 3.05) is 159 Å². The normalized spacial score (nSPS) is 16.6. The van der Waals surface area contributed by atoms with Gasteiger partial charge in [-0.2, -0.15) is 0 Å². The van der Waals surface area contributed by atoms with Crippen LogP contribution in [0.5, 0.6) is 11.5 Å². The molecule has 2 aromatic carbocycles. The van der Waals surface area contributed by atoms with Gasteiger partial charge in [0.05, 0.1) is 145 Å². The molecule has 0 atom stereocenters. The van der Waals surface area contributed by atoms with E-state index in [-0.39, 0.29) is 0 Å². The maximum absolute atomic E-state index is 5.79. The zero-order chi connectivity index (χ0) is 39.5. The Bertz CT molecular complexity index is 1340. The molecule has 1 saturated heterocycles. The van der Waals surface area contributed by atoms with Gasteiger partial charge in [-0.25, -0.2) is 0 Å². The van der Waals surface area contributed by atoms with Crippen LogP contribution >= 0.6 is 0 Å². The minimum absolute atomic E-state index is 0.463. The molecule has 1 aliphatic rings. The van der Waals surface area contributed by atoms with Crippen LogP contribution in [0, 0.1) is 0 Å². The number of aromatic nitrogens is 2. The SMILES string of the molecule is C1COCCOCCOCCOCCOCCOCCOCCO1.c1cnc2c(OCCOCCOCCOCCOc3cccc4cccnc34)cccc2c1. The van der Waals surface area contributed by atoms with Crippen LogP contribution in [0.2, 0.25) is 0 Å². The summed E-state index contributed by atoms with van der Waals surface area (Å²) in [5.41, 5.74) is 1.73. The molecule has 15 heteroatoms. The van der Waals surface area contributed by atoms with Gasteiger partial charge in [-0.1, -0.05) is 36.4 Å². The van der Waals surface area contributed by atoms with Gasteiger partial charge in [-0.05, 0) is 24.3 Å². The van der Waals surface area contributed by atoms with Gasteiger partial charge in [-0.3, -0.25) is 9.97 Å². The summed E-state index contributed by atoms with van der Waals surface area (Å²) in [6.07, 6.45) is 3.53. The van der Waals surface area contributed by atoms with Crippen molar-refractivity contribution >= 4 is 21.8 Å². The van der Waals surface area contributed by atoms with Crippen molar-refractivity contribution in [2.45, 2.75) is 0 Å². The molecule has 0 amide bonds. The average Bonchev–Trinajstić information content (AvgIpc) is 3.24. The Morgan fingerprint density at radius 2 is 0.596 bits per heavy atom. The van der Waals surface area contributed by atoms with E-state index in [1.807, 2.05) is 60.7 Å². The Balaban J connectivity index is 0.000000267. The van der Waals surface area contributed by atoms with Crippen molar-refractivity contribution in [3.8, 4) is 11.5 Å². The highest BCUT2D eigenvalue weighted by Gasteiger charge is 2.04. The van der Waals surface area contributed by atoms with Gasteiger partial charge < -0.3 is 61.6 Å². The maximum atomic E-state index is 5.79. The third kappa shape index (κ3) is 21.7. The number of ether oxygens (including phenoxy) is 13. The van der Waals surface area contributed by atoms with Crippen molar-refractivity contribution in [3.05, 3.63) is 73.1 Å². The molecule has 0 spiro atoms. The predicted molar refractivity (Wildman–Crippen MR) is 213 cm³/mol. The number of hydrogen-bond acceptors (Lipinski definition) is 15. The van der Waals surface area contributed by atoms with Crippen LogP contribution in [0.4, 0.5) is 0 Å². The lowest BCUT2D eigenvalue weighted by atomic mass is 10.2. The number of para-hydroxylation sites is 2. The third-order valence-corrected chi connectivity index (χ3v) is 7.88. The molecule has 0 unspecified atom stereocenters. The van der Waals surface area contributed by atoms with Crippen LogP contribution in [0.3, 0.4) is 0 Å². The number of rotatable bonds is 14. The number of pyridine rings is 2. The summed E-state index contributed by atoms with van der Waals surface area (Å²) in [4.78, 5) is 8.75. The van der Waals surface area contributed by atoms with E-state index in [9.17, 15) is 0 Å². The summed E-state index contributed by atoms with van der Waals surface area (Å²) in [6, 6.07) is 19.7. The third-order valence-electron chi connectivity index (χ3n) is 7.88. The topological polar surface area (TPSA) is 146 Å². The Hall–Kier alpha value is -3.58. The van der Waals surface area contributed by atoms with E-state index in [4.69, 9.17) is 61.6 Å². The molecule has 0 bridgehead atoms. The summed E-state index contributed by atoms with van der Waals surface area (Å²) in [5.74, 6) is 1.54. The molecule has 1 fully saturated rings. The van der Waals surface area contributed by atoms with Crippen molar-refractivity contribution in [2.24, 2.45) is 0 Å². The van der Waals surface area contributed by atoms with E-state index in [2.05, 4.69) is 9.97 Å². The lowest BCUT2D eigenvalue weighted by molar-refractivity contribution is -0.0334. The fraction of sp³-hybridized carbons (Fsp3) is 0.571. The molecular weight excluding hydrogens is 740 g/mol. The van der Waals surface area contributed by atoms with Gasteiger partial charge in [-0.15, -0.1) is 0 Å². The minimum Gasteiger partial charge on any atom is -0.489 e. The monoisotopic (exact) mass is 800 g/mol. The average molecular weight is 801 g/mol. The highest BCUT2D eigenvalue weighted by molar-refractivity contribution is 5.84. The highest BCUT2D eigenvalue weighted by atomic mass is 16.6. The fourth-order valence-corrected chi connectivity index (χ4v) is 5.11. The van der Waals surface area contributed by atoms with Gasteiger partial charge in [0.15, 0.2) is 0 Å². The van der Waals surface area contributed by atoms with Crippen molar-refractivity contribution in [1.29, 1.82) is 0 Å². The van der Waals surface area contributed by atoms with E-state index in [0.717, 1.165) is 33.3 Å². The first kappa shape index (κ1) is 46.1. The Kier molecular flexibility index (Phi) is 26.2. The molecule has 3 heterocycles. The van der Waals surface area contributed by atoms with Crippen LogP contribution in [-0.2, 0) is 52.1 Å². The van der Waals surface area contributed by atoms with Crippen LogP contribution < -0.4 is 9.47 Å². The van der Waals surface area contributed by atoms with Gasteiger partial charge >= 0.3 is 0 Å². The molecular formula is C42H60N2O13. The molecule has 0 radical (unpaired) electrons. The molecule has 4 aromatic rings. The molecule has 5 rings (SSSR count). The molecule has 15 nitrogen and oxygen atoms in total.